The minimum atomic E-state index is -0.573. The van der Waals surface area contributed by atoms with Crippen molar-refractivity contribution in [2.75, 3.05) is 18.1 Å². The molecule has 6 heteroatoms. The van der Waals surface area contributed by atoms with Crippen molar-refractivity contribution in [1.82, 2.24) is 4.98 Å². The minimum Gasteiger partial charge on any atom is -0.397 e. The van der Waals surface area contributed by atoms with E-state index in [1.165, 1.54) is 24.0 Å². The topological polar surface area (TPSA) is 102 Å². The highest BCUT2D eigenvalue weighted by atomic mass is 32.2. The quantitative estimate of drug-likeness (QED) is 0.603. The van der Waals surface area contributed by atoms with Gasteiger partial charge in [-0.05, 0) is 6.07 Å². The van der Waals surface area contributed by atoms with Gasteiger partial charge in [0.25, 0.3) is 5.91 Å². The molecule has 0 spiro atoms. The van der Waals surface area contributed by atoms with E-state index in [1.807, 2.05) is 0 Å². The number of anilines is 1. The zero-order chi connectivity index (χ0) is 10.6. The molecule has 0 aliphatic heterocycles. The molecule has 0 atom stereocenters. The minimum absolute atomic E-state index is 0.0582. The third kappa shape index (κ3) is 2.61. The van der Waals surface area contributed by atoms with Crippen LogP contribution in [0.25, 0.3) is 0 Å². The predicted octanol–water partition coefficient (Wildman–Crippen LogP) is -0.153. The summed E-state index contributed by atoms with van der Waals surface area (Å²) >= 11 is 1.34. The van der Waals surface area contributed by atoms with Crippen LogP contribution < -0.4 is 11.5 Å². The van der Waals surface area contributed by atoms with Crippen LogP contribution in [-0.2, 0) is 0 Å². The monoisotopic (exact) mass is 213 g/mol. The highest BCUT2D eigenvalue weighted by Crippen LogP contribution is 2.19. The Balaban J connectivity index is 2.89. The summed E-state index contributed by atoms with van der Waals surface area (Å²) in [6, 6.07) is 1.53. The van der Waals surface area contributed by atoms with E-state index in [2.05, 4.69) is 4.98 Å². The summed E-state index contributed by atoms with van der Waals surface area (Å²) < 4.78 is 0. The number of aromatic nitrogens is 1. The highest BCUT2D eigenvalue weighted by Gasteiger charge is 2.07. The fourth-order valence-electron chi connectivity index (χ4n) is 0.889. The number of amides is 1. The number of hydrogen-bond donors (Lipinski definition) is 3. The maximum absolute atomic E-state index is 10.9. The van der Waals surface area contributed by atoms with Crippen LogP contribution >= 0.6 is 11.8 Å². The molecule has 5 N–H and O–H groups in total. The van der Waals surface area contributed by atoms with Gasteiger partial charge in [-0.3, -0.25) is 4.79 Å². The molecule has 1 heterocycles. The second-order valence-corrected chi connectivity index (χ2v) is 3.66. The lowest BCUT2D eigenvalue weighted by atomic mass is 10.2. The largest absolute Gasteiger partial charge is 0.397 e. The molecule has 14 heavy (non-hydrogen) atoms. The van der Waals surface area contributed by atoms with Crippen LogP contribution in [0.1, 0.15) is 10.4 Å². The number of hydrogen-bond acceptors (Lipinski definition) is 5. The zero-order valence-corrected chi connectivity index (χ0v) is 8.25. The Morgan fingerprint density at radius 2 is 2.36 bits per heavy atom. The number of nitrogens with zero attached hydrogens (tertiary/aromatic N) is 1. The van der Waals surface area contributed by atoms with Crippen molar-refractivity contribution in [3.63, 3.8) is 0 Å². The van der Waals surface area contributed by atoms with Gasteiger partial charge < -0.3 is 16.6 Å². The van der Waals surface area contributed by atoms with Crippen LogP contribution in [0.4, 0.5) is 5.69 Å². The molecule has 0 radical (unpaired) electrons. The number of aliphatic hydroxyl groups is 1. The summed E-state index contributed by atoms with van der Waals surface area (Å²) in [4.78, 5) is 14.9. The number of aliphatic hydroxyl groups excluding tert-OH is 1. The van der Waals surface area contributed by atoms with Crippen LogP contribution in [0.3, 0.4) is 0 Å². The Morgan fingerprint density at radius 1 is 1.64 bits per heavy atom. The number of pyridine rings is 1. The van der Waals surface area contributed by atoms with Gasteiger partial charge in [0, 0.05) is 5.75 Å². The normalized spacial score (nSPS) is 10.1. The number of carbonyl (C=O) groups excluding carboxylic acids is 1. The Kier molecular flexibility index (Phi) is 3.73. The molecule has 76 valence electrons. The first kappa shape index (κ1) is 10.8. The van der Waals surface area contributed by atoms with E-state index in [0.29, 0.717) is 10.8 Å². The fourth-order valence-corrected chi connectivity index (χ4v) is 1.52. The third-order valence-corrected chi connectivity index (χ3v) is 2.42. The molecular weight excluding hydrogens is 202 g/mol. The Bertz CT molecular complexity index is 343. The number of nitrogen functional groups attached to an aromatic ring is 1. The van der Waals surface area contributed by atoms with Crippen LogP contribution in [-0.4, -0.2) is 28.4 Å². The predicted molar refractivity (Wildman–Crippen MR) is 55.0 cm³/mol. The van der Waals surface area contributed by atoms with Crippen molar-refractivity contribution in [3.05, 3.63) is 17.8 Å². The molecule has 1 aromatic rings. The molecule has 0 unspecified atom stereocenters. The standard InChI is InChI=1S/C8H11N3O2S/c9-6-4-11-7(14-2-1-12)3-5(6)8(10)13/h3-4,12H,1-2,9H2,(H2,10,13). The summed E-state index contributed by atoms with van der Waals surface area (Å²) in [6.07, 6.45) is 1.39. The average Bonchev–Trinajstić information content (AvgIpc) is 2.16. The molecule has 1 aromatic heterocycles. The Labute approximate surface area is 85.5 Å². The van der Waals surface area contributed by atoms with E-state index < -0.39 is 5.91 Å². The number of nitrogens with two attached hydrogens (primary N) is 2. The summed E-state index contributed by atoms with van der Waals surface area (Å²) in [7, 11) is 0. The van der Waals surface area contributed by atoms with Gasteiger partial charge in [0.15, 0.2) is 0 Å². The fraction of sp³-hybridized carbons (Fsp3) is 0.250. The van der Waals surface area contributed by atoms with Crippen molar-refractivity contribution in [2.24, 2.45) is 5.73 Å². The van der Waals surface area contributed by atoms with Gasteiger partial charge >= 0.3 is 0 Å². The lowest BCUT2D eigenvalue weighted by Gasteiger charge is -2.03. The summed E-state index contributed by atoms with van der Waals surface area (Å²) in [6.45, 7) is 0.0582. The number of thioether (sulfide) groups is 1. The van der Waals surface area contributed by atoms with Gasteiger partial charge in [0.05, 0.1) is 29.1 Å². The lowest BCUT2D eigenvalue weighted by molar-refractivity contribution is 0.100. The van der Waals surface area contributed by atoms with Gasteiger partial charge in [-0.25, -0.2) is 4.98 Å². The Hall–Kier alpha value is -1.27. The van der Waals surface area contributed by atoms with Crippen LogP contribution in [0.15, 0.2) is 17.3 Å². The second kappa shape index (κ2) is 4.83. The first-order valence-corrected chi connectivity index (χ1v) is 4.92. The van der Waals surface area contributed by atoms with E-state index >= 15 is 0 Å². The van der Waals surface area contributed by atoms with Crippen LogP contribution in [0.5, 0.6) is 0 Å². The van der Waals surface area contributed by atoms with Gasteiger partial charge in [0.1, 0.15) is 0 Å². The summed E-state index contributed by atoms with van der Waals surface area (Å²) in [5.74, 6) is -0.0504. The molecule has 0 aliphatic rings. The van der Waals surface area contributed by atoms with E-state index in [4.69, 9.17) is 16.6 Å². The van der Waals surface area contributed by atoms with Gasteiger partial charge in [0.2, 0.25) is 0 Å². The third-order valence-electron chi connectivity index (χ3n) is 1.52. The molecule has 0 bridgehead atoms. The van der Waals surface area contributed by atoms with Gasteiger partial charge in [-0.1, -0.05) is 0 Å². The highest BCUT2D eigenvalue weighted by molar-refractivity contribution is 7.99. The molecule has 0 aromatic carbocycles. The van der Waals surface area contributed by atoms with Crippen molar-refractivity contribution in [3.8, 4) is 0 Å². The Morgan fingerprint density at radius 3 is 2.93 bits per heavy atom. The van der Waals surface area contributed by atoms with E-state index in [9.17, 15) is 4.79 Å². The average molecular weight is 213 g/mol. The molecule has 1 amide bonds. The van der Waals surface area contributed by atoms with Crippen molar-refractivity contribution >= 4 is 23.4 Å². The number of rotatable bonds is 4. The van der Waals surface area contributed by atoms with Crippen LogP contribution in [0, 0.1) is 0 Å². The maximum atomic E-state index is 10.9. The molecule has 0 fully saturated rings. The van der Waals surface area contributed by atoms with Crippen molar-refractivity contribution in [2.45, 2.75) is 5.03 Å². The van der Waals surface area contributed by atoms with Gasteiger partial charge in [-0.2, -0.15) is 0 Å². The first-order valence-electron chi connectivity index (χ1n) is 3.94. The zero-order valence-electron chi connectivity index (χ0n) is 7.43. The number of primary amides is 1. The number of carbonyl (C=O) groups is 1. The van der Waals surface area contributed by atoms with Crippen molar-refractivity contribution in [1.29, 1.82) is 0 Å². The molecule has 0 aliphatic carbocycles. The molecule has 0 saturated heterocycles. The SMILES string of the molecule is NC(=O)c1cc(SCCO)ncc1N. The first-order chi connectivity index (χ1) is 6.65. The van der Waals surface area contributed by atoms with Crippen LogP contribution in [0.2, 0.25) is 0 Å². The van der Waals surface area contributed by atoms with E-state index in [0.717, 1.165) is 0 Å². The molecule has 1 rings (SSSR count). The van der Waals surface area contributed by atoms with Crippen molar-refractivity contribution < 1.29 is 9.90 Å². The van der Waals surface area contributed by atoms with E-state index in [-0.39, 0.29) is 17.9 Å². The molecule has 0 saturated carbocycles. The smallest absolute Gasteiger partial charge is 0.250 e. The molecular formula is C8H11N3O2S. The maximum Gasteiger partial charge on any atom is 0.250 e. The van der Waals surface area contributed by atoms with E-state index in [1.54, 1.807) is 0 Å². The summed E-state index contributed by atoms with van der Waals surface area (Å²) in [5, 5.41) is 9.22. The van der Waals surface area contributed by atoms with Gasteiger partial charge in [-0.15, -0.1) is 11.8 Å². The summed E-state index contributed by atoms with van der Waals surface area (Å²) in [5.41, 5.74) is 11.1. The second-order valence-electron chi connectivity index (χ2n) is 2.55. The lowest BCUT2D eigenvalue weighted by Crippen LogP contribution is -2.14. The molecule has 5 nitrogen and oxygen atoms in total.